The van der Waals surface area contributed by atoms with Crippen molar-refractivity contribution < 1.29 is 23.8 Å². The maximum atomic E-state index is 16.8. The summed E-state index contributed by atoms with van der Waals surface area (Å²) >= 11 is 1.47. The van der Waals surface area contributed by atoms with E-state index in [1.54, 1.807) is 12.2 Å². The second kappa shape index (κ2) is 6.56. The van der Waals surface area contributed by atoms with Crippen LogP contribution < -0.4 is 0 Å². The third kappa shape index (κ3) is 2.60. The molecular weight excluding hydrogens is 379 g/mol. The van der Waals surface area contributed by atoms with E-state index in [1.165, 1.54) is 24.8 Å². The number of alkyl halides is 1. The first-order valence-electron chi connectivity index (χ1n) is 9.91. The van der Waals surface area contributed by atoms with E-state index in [9.17, 15) is 14.7 Å². The second-order valence-electron chi connectivity index (χ2n) is 8.97. The van der Waals surface area contributed by atoms with E-state index in [-0.39, 0.29) is 34.9 Å². The number of hydrogen-bond donors (Lipinski definition) is 1. The first-order valence-corrected chi connectivity index (χ1v) is 10.9. The largest absolute Gasteiger partial charge is 0.454 e. The number of carbonyl (C=O) groups is 2. The molecule has 6 atom stereocenters. The SMILES string of the molecule is CC(=O)OCSC1=CC[C@H]2[C@@H]3CCC4=CC(=O)C=C[C@]4(C)C3(F)[C@@H](O)C[C@]12C. The molecule has 2 saturated carbocycles. The first-order chi connectivity index (χ1) is 13.1. The molecule has 0 spiro atoms. The molecule has 0 aromatic heterocycles. The summed E-state index contributed by atoms with van der Waals surface area (Å²) in [4.78, 5) is 24.0. The monoisotopic (exact) mass is 406 g/mol. The first kappa shape index (κ1) is 19.9. The van der Waals surface area contributed by atoms with Gasteiger partial charge in [0.05, 0.1) is 6.10 Å². The molecule has 4 rings (SSSR count). The zero-order valence-corrected chi connectivity index (χ0v) is 17.4. The fourth-order valence-corrected chi connectivity index (χ4v) is 7.28. The lowest BCUT2D eigenvalue weighted by molar-refractivity contribution is -0.184. The summed E-state index contributed by atoms with van der Waals surface area (Å²) in [6.07, 6.45) is 8.10. The summed E-state index contributed by atoms with van der Waals surface area (Å²) < 4.78 is 21.9. The maximum absolute atomic E-state index is 16.8. The highest BCUT2D eigenvalue weighted by Gasteiger charge is 2.69. The average Bonchev–Trinajstić information content (AvgIpc) is 2.93. The quantitative estimate of drug-likeness (QED) is 0.565. The Morgan fingerprint density at radius 2 is 2.14 bits per heavy atom. The summed E-state index contributed by atoms with van der Waals surface area (Å²) in [5.41, 5.74) is -2.26. The van der Waals surface area contributed by atoms with Crippen LogP contribution in [0.3, 0.4) is 0 Å². The molecule has 4 aliphatic rings. The van der Waals surface area contributed by atoms with Gasteiger partial charge in [-0.3, -0.25) is 9.59 Å². The lowest BCUT2D eigenvalue weighted by Crippen LogP contribution is -2.66. The number of rotatable bonds is 3. The topological polar surface area (TPSA) is 63.6 Å². The van der Waals surface area contributed by atoms with Gasteiger partial charge in [0, 0.05) is 23.7 Å². The van der Waals surface area contributed by atoms with Crippen LogP contribution in [0.25, 0.3) is 0 Å². The number of carbonyl (C=O) groups excluding carboxylic acids is 2. The van der Waals surface area contributed by atoms with E-state index in [0.717, 1.165) is 16.9 Å². The van der Waals surface area contributed by atoms with E-state index >= 15 is 4.39 Å². The van der Waals surface area contributed by atoms with Crippen LogP contribution in [-0.4, -0.2) is 34.6 Å². The minimum absolute atomic E-state index is 0.0881. The number of ketones is 1. The lowest BCUT2D eigenvalue weighted by atomic mass is 9.46. The average molecular weight is 407 g/mol. The number of hydrogen-bond acceptors (Lipinski definition) is 5. The minimum Gasteiger partial charge on any atom is -0.454 e. The fourth-order valence-electron chi connectivity index (χ4n) is 6.14. The highest BCUT2D eigenvalue weighted by Crippen LogP contribution is 2.68. The number of aliphatic hydroxyl groups is 1. The van der Waals surface area contributed by atoms with E-state index in [4.69, 9.17) is 4.74 Å². The van der Waals surface area contributed by atoms with Gasteiger partial charge in [-0.25, -0.2) is 4.39 Å². The Bertz CT molecular complexity index is 817. The van der Waals surface area contributed by atoms with Crippen LogP contribution in [0.15, 0.2) is 34.8 Å². The number of allylic oxidation sites excluding steroid dienone is 6. The van der Waals surface area contributed by atoms with Gasteiger partial charge in [0.2, 0.25) is 0 Å². The lowest BCUT2D eigenvalue weighted by Gasteiger charge is -2.61. The standard InChI is InChI=1S/C22H27FO4S/c1-13(24)27-12-28-19-7-6-16-17-5-4-14-10-15(25)8-9-21(14,3)22(17,23)18(26)11-20(16,19)2/h7-10,16-18,26H,4-6,11-12H2,1-3H3/t16-,17-,18-,20-,21-,22?/m0/s1. The highest BCUT2D eigenvalue weighted by atomic mass is 32.2. The van der Waals surface area contributed by atoms with Crippen molar-refractivity contribution >= 4 is 23.5 Å². The number of halogens is 1. The number of ether oxygens (including phenoxy) is 1. The molecule has 28 heavy (non-hydrogen) atoms. The van der Waals surface area contributed by atoms with E-state index < -0.39 is 17.2 Å². The van der Waals surface area contributed by atoms with Crippen LogP contribution in [0, 0.1) is 22.7 Å². The third-order valence-corrected chi connectivity index (χ3v) is 8.81. The maximum Gasteiger partial charge on any atom is 0.303 e. The second-order valence-corrected chi connectivity index (χ2v) is 9.93. The van der Waals surface area contributed by atoms with Crippen molar-refractivity contribution in [2.45, 2.75) is 58.2 Å². The van der Waals surface area contributed by atoms with Gasteiger partial charge in [-0.05, 0) is 55.6 Å². The zero-order chi connectivity index (χ0) is 20.3. The van der Waals surface area contributed by atoms with Crippen LogP contribution >= 0.6 is 11.8 Å². The molecule has 2 fully saturated rings. The van der Waals surface area contributed by atoms with Crippen LogP contribution in [0.4, 0.5) is 4.39 Å². The Balaban J connectivity index is 1.65. The molecule has 152 valence electrons. The van der Waals surface area contributed by atoms with Crippen molar-refractivity contribution in [2.75, 3.05) is 5.94 Å². The molecule has 0 aromatic carbocycles. The normalized spacial score (nSPS) is 44.2. The number of esters is 1. The van der Waals surface area contributed by atoms with Crippen molar-refractivity contribution in [3.8, 4) is 0 Å². The molecule has 1 unspecified atom stereocenters. The van der Waals surface area contributed by atoms with Crippen LogP contribution in [0.5, 0.6) is 0 Å². The Morgan fingerprint density at radius 3 is 2.86 bits per heavy atom. The smallest absolute Gasteiger partial charge is 0.303 e. The molecule has 0 saturated heterocycles. The van der Waals surface area contributed by atoms with Crippen molar-refractivity contribution in [3.05, 3.63) is 34.8 Å². The molecule has 4 nitrogen and oxygen atoms in total. The molecule has 1 N–H and O–H groups in total. The van der Waals surface area contributed by atoms with Gasteiger partial charge in [-0.1, -0.05) is 36.4 Å². The molecule has 0 bridgehead atoms. The Morgan fingerprint density at radius 1 is 1.39 bits per heavy atom. The van der Waals surface area contributed by atoms with Gasteiger partial charge in [0.1, 0.15) is 5.94 Å². The van der Waals surface area contributed by atoms with E-state index in [2.05, 4.69) is 13.0 Å². The highest BCUT2D eigenvalue weighted by molar-refractivity contribution is 8.03. The van der Waals surface area contributed by atoms with Crippen molar-refractivity contribution in [2.24, 2.45) is 22.7 Å². The number of aliphatic hydroxyl groups excluding tert-OH is 1. The number of thioether (sulfide) groups is 1. The molecule has 0 aliphatic heterocycles. The van der Waals surface area contributed by atoms with Gasteiger partial charge in [0.15, 0.2) is 11.5 Å². The summed E-state index contributed by atoms with van der Waals surface area (Å²) in [5, 5.41) is 11.1. The van der Waals surface area contributed by atoms with Gasteiger partial charge < -0.3 is 9.84 Å². The van der Waals surface area contributed by atoms with Crippen LogP contribution in [0.1, 0.15) is 46.5 Å². The van der Waals surface area contributed by atoms with E-state index in [1.807, 2.05) is 6.92 Å². The van der Waals surface area contributed by atoms with Crippen LogP contribution in [-0.2, 0) is 14.3 Å². The molecule has 4 aliphatic carbocycles. The molecule has 0 aromatic rings. The molecule has 6 heteroatoms. The van der Waals surface area contributed by atoms with Crippen LogP contribution in [0.2, 0.25) is 0 Å². The summed E-state index contributed by atoms with van der Waals surface area (Å²) in [5.74, 6) is -0.385. The molecular formula is C22H27FO4S. The van der Waals surface area contributed by atoms with Crippen molar-refractivity contribution in [1.29, 1.82) is 0 Å². The summed E-state index contributed by atoms with van der Waals surface area (Å²) in [6, 6.07) is 0. The summed E-state index contributed by atoms with van der Waals surface area (Å²) in [7, 11) is 0. The Kier molecular flexibility index (Phi) is 4.66. The fraction of sp³-hybridized carbons (Fsp3) is 0.636. The van der Waals surface area contributed by atoms with Crippen molar-refractivity contribution in [1.82, 2.24) is 0 Å². The Labute approximate surface area is 169 Å². The summed E-state index contributed by atoms with van der Waals surface area (Å²) in [6.45, 7) is 5.32. The predicted molar refractivity (Wildman–Crippen MR) is 106 cm³/mol. The Hall–Kier alpha value is -1.40. The molecule has 0 radical (unpaired) electrons. The van der Waals surface area contributed by atoms with Gasteiger partial charge in [-0.15, -0.1) is 0 Å². The molecule has 0 amide bonds. The zero-order valence-electron chi connectivity index (χ0n) is 16.5. The van der Waals surface area contributed by atoms with Gasteiger partial charge in [-0.2, -0.15) is 0 Å². The predicted octanol–water partition coefficient (Wildman–Crippen LogP) is 4.10. The number of fused-ring (bicyclic) bond motifs is 5. The molecule has 0 heterocycles. The van der Waals surface area contributed by atoms with Gasteiger partial charge >= 0.3 is 5.97 Å². The van der Waals surface area contributed by atoms with E-state index in [0.29, 0.717) is 19.3 Å². The third-order valence-electron chi connectivity index (χ3n) is 7.63. The van der Waals surface area contributed by atoms with Gasteiger partial charge in [0.25, 0.3) is 0 Å². The minimum atomic E-state index is -1.79. The van der Waals surface area contributed by atoms with Crippen molar-refractivity contribution in [3.63, 3.8) is 0 Å².